The quantitative estimate of drug-likeness (QED) is 0.574. The molecule has 0 heterocycles. The van der Waals surface area contributed by atoms with E-state index in [0.717, 1.165) is 0 Å². The molecule has 0 fully saturated rings. The van der Waals surface area contributed by atoms with Crippen molar-refractivity contribution in [3.05, 3.63) is 0 Å². The normalized spacial score (nSPS) is 7.62. The van der Waals surface area contributed by atoms with Crippen LogP contribution < -0.4 is 5.73 Å². The second kappa shape index (κ2) is 6.95. The van der Waals surface area contributed by atoms with Crippen molar-refractivity contribution in [3.63, 3.8) is 0 Å². The average Bonchev–Trinajstić information content (AvgIpc) is 1.61. The molecule has 8 heavy (non-hydrogen) atoms. The monoisotopic (exact) mass is 183 g/mol. The van der Waals surface area contributed by atoms with Gasteiger partial charge in [-0.25, -0.2) is 0 Å². The van der Waals surface area contributed by atoms with E-state index >= 15 is 0 Å². The van der Waals surface area contributed by atoms with Gasteiger partial charge in [-0.1, -0.05) is 0 Å². The Hall–Kier alpha value is -0.0505. The third kappa shape index (κ3) is 9.34. The molecule has 0 aromatic carbocycles. The molecule has 0 rings (SSSR count). The molecule has 48 valence electrons. The van der Waals surface area contributed by atoms with Crippen molar-refractivity contribution in [1.29, 1.82) is 0 Å². The van der Waals surface area contributed by atoms with Gasteiger partial charge in [0.15, 0.2) is 0 Å². The van der Waals surface area contributed by atoms with Crippen molar-refractivity contribution >= 4 is 23.0 Å². The summed E-state index contributed by atoms with van der Waals surface area (Å²) in [7, 11) is 0. The second-order valence-electron chi connectivity index (χ2n) is 1.29. The van der Waals surface area contributed by atoms with Gasteiger partial charge in [0.05, 0.1) is 0 Å². The van der Waals surface area contributed by atoms with Gasteiger partial charge >= 0.3 is 5.97 Å². The summed E-state index contributed by atoms with van der Waals surface area (Å²) in [5, 5.41) is 7.99. The maximum atomic E-state index is 9.70. The topological polar surface area (TPSA) is 63.3 Å². The van der Waals surface area contributed by atoms with E-state index < -0.39 is 5.97 Å². The predicted molar refractivity (Wildman–Crippen MR) is 31.7 cm³/mol. The van der Waals surface area contributed by atoms with Gasteiger partial charge in [-0.15, -0.1) is 0 Å². The zero-order chi connectivity index (χ0) is 5.70. The standard InChI is InChI=1S/C4H9NO2.Se/c5-3-1-2-4(6)7;/h1-3,5H2,(H,6,7);. The molecule has 3 N–H and O–H groups in total. The summed E-state index contributed by atoms with van der Waals surface area (Å²) in [5.74, 6) is -0.773. The van der Waals surface area contributed by atoms with E-state index in [1.807, 2.05) is 0 Å². The number of carboxylic acids is 1. The number of hydrogen-bond donors (Lipinski definition) is 2. The molecule has 0 aliphatic carbocycles. The number of hydrogen-bond acceptors (Lipinski definition) is 2. The summed E-state index contributed by atoms with van der Waals surface area (Å²) >= 11 is 0. The first kappa shape index (κ1) is 10.8. The fourth-order valence-corrected chi connectivity index (χ4v) is 0.253. The fourth-order valence-electron chi connectivity index (χ4n) is 0.253. The first-order chi connectivity index (χ1) is 3.27. The minimum absolute atomic E-state index is 0. The van der Waals surface area contributed by atoms with E-state index in [0.29, 0.717) is 13.0 Å². The van der Waals surface area contributed by atoms with Crippen LogP contribution in [-0.4, -0.2) is 34.7 Å². The molecule has 0 atom stereocenters. The molecule has 0 unspecified atom stereocenters. The number of nitrogens with two attached hydrogens (primary N) is 1. The van der Waals surface area contributed by atoms with E-state index in [1.165, 1.54) is 0 Å². The Balaban J connectivity index is 0. The molecule has 3 nitrogen and oxygen atoms in total. The van der Waals surface area contributed by atoms with Gasteiger partial charge in [0.25, 0.3) is 0 Å². The third-order valence-electron chi connectivity index (χ3n) is 0.595. The van der Waals surface area contributed by atoms with Crippen molar-refractivity contribution in [2.75, 3.05) is 6.54 Å². The molecule has 0 saturated heterocycles. The smallest absolute Gasteiger partial charge is 0.303 e. The molecule has 0 aromatic rings. The van der Waals surface area contributed by atoms with Crippen LogP contribution in [0.15, 0.2) is 0 Å². The fraction of sp³-hybridized carbons (Fsp3) is 0.750. The Kier molecular flexibility index (Phi) is 9.42. The van der Waals surface area contributed by atoms with Crippen LogP contribution in [0, 0.1) is 0 Å². The summed E-state index contributed by atoms with van der Waals surface area (Å²) in [6, 6.07) is 0. The SMILES string of the molecule is NCCCC(=O)O.[Se]. The van der Waals surface area contributed by atoms with Crippen molar-refractivity contribution in [2.24, 2.45) is 5.73 Å². The number of rotatable bonds is 3. The van der Waals surface area contributed by atoms with Crippen LogP contribution in [0.1, 0.15) is 12.8 Å². The van der Waals surface area contributed by atoms with Crippen molar-refractivity contribution in [2.45, 2.75) is 12.8 Å². The van der Waals surface area contributed by atoms with Crippen LogP contribution in [0.4, 0.5) is 0 Å². The minimum atomic E-state index is -0.773. The molecule has 0 aliphatic heterocycles. The summed E-state index contributed by atoms with van der Waals surface area (Å²) in [4.78, 5) is 9.70. The van der Waals surface area contributed by atoms with Crippen LogP contribution >= 0.6 is 0 Å². The maximum absolute atomic E-state index is 9.70. The molecule has 4 heteroatoms. The molecule has 0 bridgehead atoms. The van der Waals surface area contributed by atoms with Gasteiger partial charge in [-0.05, 0) is 13.0 Å². The van der Waals surface area contributed by atoms with Crippen LogP contribution in [-0.2, 0) is 4.79 Å². The van der Waals surface area contributed by atoms with Crippen molar-refractivity contribution < 1.29 is 9.90 Å². The third-order valence-corrected chi connectivity index (χ3v) is 0.595. The molecule has 0 aromatic heterocycles. The Morgan fingerprint density at radius 3 is 2.25 bits per heavy atom. The zero-order valence-corrected chi connectivity index (χ0v) is 6.18. The number of aliphatic carboxylic acids is 1. The van der Waals surface area contributed by atoms with Crippen LogP contribution in [0.25, 0.3) is 0 Å². The van der Waals surface area contributed by atoms with E-state index in [-0.39, 0.29) is 23.5 Å². The van der Waals surface area contributed by atoms with E-state index in [9.17, 15) is 4.79 Å². The van der Waals surface area contributed by atoms with Crippen molar-refractivity contribution in [3.8, 4) is 0 Å². The Labute approximate surface area is 58.7 Å². The molecule has 0 aliphatic rings. The maximum Gasteiger partial charge on any atom is 0.303 e. The predicted octanol–water partition coefficient (Wildman–Crippen LogP) is -0.571. The van der Waals surface area contributed by atoms with E-state index in [4.69, 9.17) is 10.8 Å². The number of carboxylic acid groups (broad SMARTS) is 1. The number of carbonyl (C=O) groups is 1. The Morgan fingerprint density at radius 2 is 2.12 bits per heavy atom. The first-order valence-corrected chi connectivity index (χ1v) is 2.19. The molecule has 0 spiro atoms. The van der Waals surface area contributed by atoms with Gasteiger partial charge in [-0.3, -0.25) is 4.79 Å². The van der Waals surface area contributed by atoms with E-state index in [1.54, 1.807) is 0 Å². The average molecular weight is 182 g/mol. The summed E-state index contributed by atoms with van der Waals surface area (Å²) in [5.41, 5.74) is 5.01. The summed E-state index contributed by atoms with van der Waals surface area (Å²) in [6.07, 6.45) is 0.770. The van der Waals surface area contributed by atoms with E-state index in [2.05, 4.69) is 0 Å². The minimum Gasteiger partial charge on any atom is -0.481 e. The zero-order valence-electron chi connectivity index (χ0n) is 4.46. The molecule has 0 amide bonds. The molecule has 2 radical (unpaired) electrons. The Bertz CT molecular complexity index is 67.1. The van der Waals surface area contributed by atoms with Gasteiger partial charge in [0.2, 0.25) is 0 Å². The van der Waals surface area contributed by atoms with Crippen LogP contribution in [0.5, 0.6) is 0 Å². The van der Waals surface area contributed by atoms with Crippen LogP contribution in [0.2, 0.25) is 0 Å². The second-order valence-corrected chi connectivity index (χ2v) is 1.29. The largest absolute Gasteiger partial charge is 0.481 e. The van der Waals surface area contributed by atoms with Gasteiger partial charge in [0.1, 0.15) is 0 Å². The molecule has 0 saturated carbocycles. The summed E-state index contributed by atoms with van der Waals surface area (Å²) < 4.78 is 0. The van der Waals surface area contributed by atoms with Gasteiger partial charge in [0, 0.05) is 23.5 Å². The first-order valence-electron chi connectivity index (χ1n) is 2.19. The van der Waals surface area contributed by atoms with Crippen molar-refractivity contribution in [1.82, 2.24) is 0 Å². The molecular formula is C4H9NO2Se. The Morgan fingerprint density at radius 1 is 1.62 bits per heavy atom. The molecular weight excluding hydrogens is 173 g/mol. The van der Waals surface area contributed by atoms with Gasteiger partial charge in [-0.2, -0.15) is 0 Å². The van der Waals surface area contributed by atoms with Crippen LogP contribution in [0.3, 0.4) is 0 Å². The van der Waals surface area contributed by atoms with Gasteiger partial charge < -0.3 is 10.8 Å². The summed E-state index contributed by atoms with van der Waals surface area (Å²) in [6.45, 7) is 0.465.